The monoisotopic (exact) mass is 238 g/mol. The fourth-order valence-corrected chi connectivity index (χ4v) is 1.95. The van der Waals surface area contributed by atoms with Crippen LogP contribution in [0.1, 0.15) is 59.8 Å². The Hall–Kier alpha value is -1.04. The van der Waals surface area contributed by atoms with E-state index in [1.165, 1.54) is 0 Å². The van der Waals surface area contributed by atoms with E-state index in [1.807, 2.05) is 13.8 Å². The summed E-state index contributed by atoms with van der Waals surface area (Å²) in [6.07, 6.45) is 4.09. The smallest absolute Gasteiger partial charge is 0.240 e. The molecular weight excluding hydrogens is 212 g/mol. The number of nitrogens with zero attached hydrogens (tertiary/aromatic N) is 1. The SMILES string of the molecule is CCCC(C#N)(CCC)C(=O)NCC(C)CC. The van der Waals surface area contributed by atoms with Crippen molar-refractivity contribution in [2.24, 2.45) is 11.3 Å². The molecule has 0 aliphatic carbocycles. The highest BCUT2D eigenvalue weighted by atomic mass is 16.2. The van der Waals surface area contributed by atoms with Gasteiger partial charge in [-0.2, -0.15) is 5.26 Å². The Labute approximate surface area is 106 Å². The molecule has 1 unspecified atom stereocenters. The normalized spacial score (nSPS) is 12.9. The van der Waals surface area contributed by atoms with Crippen molar-refractivity contribution in [2.45, 2.75) is 59.8 Å². The van der Waals surface area contributed by atoms with E-state index < -0.39 is 5.41 Å². The lowest BCUT2D eigenvalue weighted by molar-refractivity contribution is -0.129. The molecule has 0 aromatic heterocycles. The average molecular weight is 238 g/mol. The number of nitrogens with one attached hydrogen (secondary N) is 1. The van der Waals surface area contributed by atoms with Crippen LogP contribution in [0.4, 0.5) is 0 Å². The van der Waals surface area contributed by atoms with Gasteiger partial charge in [-0.25, -0.2) is 0 Å². The van der Waals surface area contributed by atoms with E-state index in [-0.39, 0.29) is 5.91 Å². The molecule has 98 valence electrons. The number of amides is 1. The third kappa shape index (κ3) is 4.77. The van der Waals surface area contributed by atoms with Gasteiger partial charge in [-0.1, -0.05) is 47.0 Å². The molecule has 0 saturated carbocycles. The molecule has 0 bridgehead atoms. The Balaban J connectivity index is 4.58. The number of carbonyl (C=O) groups is 1. The zero-order chi connectivity index (χ0) is 13.3. The van der Waals surface area contributed by atoms with Crippen LogP contribution in [0.2, 0.25) is 0 Å². The number of carbonyl (C=O) groups excluding carboxylic acids is 1. The standard InChI is InChI=1S/C14H26N2O/c1-5-8-14(11-15,9-6-2)13(17)16-10-12(4)7-3/h12H,5-10H2,1-4H3,(H,16,17). The van der Waals surface area contributed by atoms with Gasteiger partial charge in [0.25, 0.3) is 0 Å². The first kappa shape index (κ1) is 16.0. The summed E-state index contributed by atoms with van der Waals surface area (Å²) in [6.45, 7) is 8.92. The third-order valence-corrected chi connectivity index (χ3v) is 3.31. The van der Waals surface area contributed by atoms with Crippen LogP contribution in [0.25, 0.3) is 0 Å². The van der Waals surface area contributed by atoms with E-state index in [0.29, 0.717) is 25.3 Å². The first-order valence-electron chi connectivity index (χ1n) is 6.75. The summed E-state index contributed by atoms with van der Waals surface area (Å²) >= 11 is 0. The van der Waals surface area contributed by atoms with Crippen LogP contribution in [0.5, 0.6) is 0 Å². The molecule has 1 atom stereocenters. The molecule has 0 aromatic rings. The van der Waals surface area contributed by atoms with Gasteiger partial charge < -0.3 is 5.32 Å². The minimum absolute atomic E-state index is 0.0796. The molecule has 0 fully saturated rings. The van der Waals surface area contributed by atoms with Crippen LogP contribution in [-0.2, 0) is 4.79 Å². The van der Waals surface area contributed by atoms with E-state index in [4.69, 9.17) is 0 Å². The third-order valence-electron chi connectivity index (χ3n) is 3.31. The largest absolute Gasteiger partial charge is 0.354 e. The molecule has 0 saturated heterocycles. The number of nitriles is 1. The number of hydrogen-bond acceptors (Lipinski definition) is 2. The second kappa shape index (κ2) is 8.11. The minimum Gasteiger partial charge on any atom is -0.354 e. The van der Waals surface area contributed by atoms with Gasteiger partial charge in [0.05, 0.1) is 6.07 Å². The van der Waals surface area contributed by atoms with Crippen molar-refractivity contribution >= 4 is 5.91 Å². The quantitative estimate of drug-likeness (QED) is 0.705. The molecule has 0 aliphatic rings. The summed E-state index contributed by atoms with van der Waals surface area (Å²) in [6, 6.07) is 2.25. The van der Waals surface area contributed by atoms with E-state index in [2.05, 4.69) is 25.2 Å². The highest BCUT2D eigenvalue weighted by molar-refractivity contribution is 5.85. The van der Waals surface area contributed by atoms with Crippen LogP contribution in [0.3, 0.4) is 0 Å². The van der Waals surface area contributed by atoms with Crippen LogP contribution >= 0.6 is 0 Å². The molecule has 3 heteroatoms. The van der Waals surface area contributed by atoms with Gasteiger partial charge >= 0.3 is 0 Å². The molecule has 0 aromatic carbocycles. The lowest BCUT2D eigenvalue weighted by Crippen LogP contribution is -2.41. The fourth-order valence-electron chi connectivity index (χ4n) is 1.95. The van der Waals surface area contributed by atoms with Gasteiger partial charge in [0.1, 0.15) is 5.41 Å². The Morgan fingerprint density at radius 1 is 1.29 bits per heavy atom. The Morgan fingerprint density at radius 2 is 1.82 bits per heavy atom. The molecule has 3 nitrogen and oxygen atoms in total. The van der Waals surface area contributed by atoms with Crippen LogP contribution in [-0.4, -0.2) is 12.5 Å². The van der Waals surface area contributed by atoms with E-state index >= 15 is 0 Å². The molecule has 0 heterocycles. The Kier molecular flexibility index (Phi) is 7.61. The second-order valence-corrected chi connectivity index (χ2v) is 4.92. The van der Waals surface area contributed by atoms with Crippen molar-refractivity contribution in [3.63, 3.8) is 0 Å². The minimum atomic E-state index is -0.809. The second-order valence-electron chi connectivity index (χ2n) is 4.92. The molecule has 0 aliphatic heterocycles. The molecule has 0 rings (SSSR count). The lowest BCUT2D eigenvalue weighted by atomic mass is 9.79. The number of rotatable bonds is 8. The summed E-state index contributed by atoms with van der Waals surface area (Å²) in [7, 11) is 0. The van der Waals surface area contributed by atoms with Gasteiger partial charge in [-0.15, -0.1) is 0 Å². The maximum atomic E-state index is 12.2. The maximum absolute atomic E-state index is 12.2. The van der Waals surface area contributed by atoms with Crippen molar-refractivity contribution < 1.29 is 4.79 Å². The Morgan fingerprint density at radius 3 is 2.18 bits per heavy atom. The highest BCUT2D eigenvalue weighted by Crippen LogP contribution is 2.29. The van der Waals surface area contributed by atoms with Gasteiger partial charge in [-0.05, 0) is 18.8 Å². The van der Waals surface area contributed by atoms with Gasteiger partial charge in [-0.3, -0.25) is 4.79 Å². The van der Waals surface area contributed by atoms with Gasteiger partial charge in [0, 0.05) is 6.54 Å². The predicted molar refractivity (Wildman–Crippen MR) is 70.3 cm³/mol. The van der Waals surface area contributed by atoms with Crippen molar-refractivity contribution in [1.29, 1.82) is 5.26 Å². The highest BCUT2D eigenvalue weighted by Gasteiger charge is 2.36. The van der Waals surface area contributed by atoms with Crippen LogP contribution < -0.4 is 5.32 Å². The molecule has 1 amide bonds. The predicted octanol–water partition coefficient (Wildman–Crippen LogP) is 3.26. The zero-order valence-electron chi connectivity index (χ0n) is 11.7. The number of hydrogen-bond donors (Lipinski definition) is 1. The van der Waals surface area contributed by atoms with Crippen molar-refractivity contribution in [2.75, 3.05) is 6.54 Å². The van der Waals surface area contributed by atoms with Gasteiger partial charge in [0.2, 0.25) is 5.91 Å². The zero-order valence-corrected chi connectivity index (χ0v) is 11.7. The lowest BCUT2D eigenvalue weighted by Gasteiger charge is -2.25. The maximum Gasteiger partial charge on any atom is 0.240 e. The topological polar surface area (TPSA) is 52.9 Å². The molecule has 17 heavy (non-hydrogen) atoms. The molecule has 1 N–H and O–H groups in total. The van der Waals surface area contributed by atoms with Gasteiger partial charge in [0.15, 0.2) is 0 Å². The Bertz CT molecular complexity index is 262. The summed E-state index contributed by atoms with van der Waals surface area (Å²) in [5.74, 6) is 0.391. The fraction of sp³-hybridized carbons (Fsp3) is 0.857. The summed E-state index contributed by atoms with van der Waals surface area (Å²) in [5, 5.41) is 12.3. The van der Waals surface area contributed by atoms with Crippen molar-refractivity contribution in [3.05, 3.63) is 0 Å². The van der Waals surface area contributed by atoms with Crippen LogP contribution in [0, 0.1) is 22.7 Å². The van der Waals surface area contributed by atoms with E-state index in [1.54, 1.807) is 0 Å². The van der Waals surface area contributed by atoms with Crippen molar-refractivity contribution in [3.8, 4) is 6.07 Å². The van der Waals surface area contributed by atoms with Crippen LogP contribution in [0.15, 0.2) is 0 Å². The summed E-state index contributed by atoms with van der Waals surface area (Å²) in [4.78, 5) is 12.2. The molecular formula is C14H26N2O. The molecule has 0 spiro atoms. The first-order chi connectivity index (χ1) is 8.06. The summed E-state index contributed by atoms with van der Waals surface area (Å²) < 4.78 is 0. The molecule has 0 radical (unpaired) electrons. The average Bonchev–Trinajstić information content (AvgIpc) is 2.34. The summed E-state index contributed by atoms with van der Waals surface area (Å²) in [5.41, 5.74) is -0.809. The van der Waals surface area contributed by atoms with E-state index in [9.17, 15) is 10.1 Å². The van der Waals surface area contributed by atoms with Crippen molar-refractivity contribution in [1.82, 2.24) is 5.32 Å². The van der Waals surface area contributed by atoms with E-state index in [0.717, 1.165) is 19.3 Å². The first-order valence-corrected chi connectivity index (χ1v) is 6.75.